The molecule has 3 rings (SSSR count). The molecule has 0 saturated carbocycles. The Morgan fingerprint density at radius 2 is 2.00 bits per heavy atom. The fourth-order valence-corrected chi connectivity index (χ4v) is 1.99. The number of anilines is 1. The zero-order valence-corrected chi connectivity index (χ0v) is 10.0. The van der Waals surface area contributed by atoms with E-state index in [1.807, 2.05) is 16.7 Å². The number of rotatable bonds is 2. The van der Waals surface area contributed by atoms with Crippen LogP contribution in [0.2, 0.25) is 0 Å². The van der Waals surface area contributed by atoms with Gasteiger partial charge in [-0.25, -0.2) is 15.0 Å². The molecule has 5 heteroatoms. The van der Waals surface area contributed by atoms with Gasteiger partial charge in [-0.15, -0.1) is 0 Å². The first kappa shape index (κ1) is 10.7. The normalized spacial score (nSPS) is 10.9. The third-order valence-electron chi connectivity index (χ3n) is 3.03. The maximum atomic E-state index is 5.77. The number of benzene rings is 1. The summed E-state index contributed by atoms with van der Waals surface area (Å²) >= 11 is 0. The van der Waals surface area contributed by atoms with Crippen molar-refractivity contribution < 1.29 is 0 Å². The molecule has 5 nitrogen and oxygen atoms in total. The summed E-state index contributed by atoms with van der Waals surface area (Å²) in [6.07, 6.45) is 3.22. The predicted molar refractivity (Wildman–Crippen MR) is 70.0 cm³/mol. The van der Waals surface area contributed by atoms with Crippen molar-refractivity contribution in [3.8, 4) is 0 Å². The number of aryl methyl sites for hydroxylation is 1. The van der Waals surface area contributed by atoms with E-state index in [2.05, 4.69) is 34.0 Å². The summed E-state index contributed by atoms with van der Waals surface area (Å²) in [5.74, 6) is 0.420. The van der Waals surface area contributed by atoms with Gasteiger partial charge in [-0.1, -0.05) is 24.3 Å². The summed E-state index contributed by atoms with van der Waals surface area (Å²) < 4.78 is 1.98. The predicted octanol–water partition coefficient (Wildman–Crippen LogP) is 1.77. The highest BCUT2D eigenvalue weighted by atomic mass is 15.1. The van der Waals surface area contributed by atoms with Crippen LogP contribution in [0, 0.1) is 6.92 Å². The molecule has 0 aliphatic carbocycles. The molecule has 0 amide bonds. The van der Waals surface area contributed by atoms with Crippen molar-refractivity contribution in [2.24, 2.45) is 0 Å². The van der Waals surface area contributed by atoms with E-state index in [9.17, 15) is 0 Å². The summed E-state index contributed by atoms with van der Waals surface area (Å²) in [4.78, 5) is 12.4. The van der Waals surface area contributed by atoms with Crippen molar-refractivity contribution in [2.45, 2.75) is 13.5 Å². The minimum atomic E-state index is 0.420. The van der Waals surface area contributed by atoms with E-state index in [4.69, 9.17) is 5.73 Å². The molecule has 90 valence electrons. The first-order chi connectivity index (χ1) is 8.75. The Morgan fingerprint density at radius 1 is 1.17 bits per heavy atom. The van der Waals surface area contributed by atoms with Crippen molar-refractivity contribution in [2.75, 3.05) is 5.73 Å². The average Bonchev–Trinajstić information content (AvgIpc) is 2.77. The Kier molecular flexibility index (Phi) is 2.44. The zero-order chi connectivity index (χ0) is 12.5. The third kappa shape index (κ3) is 1.69. The average molecular weight is 239 g/mol. The van der Waals surface area contributed by atoms with Gasteiger partial charge < -0.3 is 10.3 Å². The molecule has 0 aliphatic heterocycles. The summed E-state index contributed by atoms with van der Waals surface area (Å²) in [7, 11) is 0. The van der Waals surface area contributed by atoms with Crippen LogP contribution in [0.1, 0.15) is 11.1 Å². The Hall–Kier alpha value is -2.43. The Morgan fingerprint density at radius 3 is 2.83 bits per heavy atom. The smallest absolute Gasteiger partial charge is 0.165 e. The second kappa shape index (κ2) is 4.10. The van der Waals surface area contributed by atoms with Crippen LogP contribution in [0.15, 0.2) is 36.9 Å². The van der Waals surface area contributed by atoms with E-state index in [1.54, 1.807) is 6.33 Å². The number of fused-ring (bicyclic) bond motifs is 1. The lowest BCUT2D eigenvalue weighted by molar-refractivity contribution is 0.808. The summed E-state index contributed by atoms with van der Waals surface area (Å²) in [6, 6.07) is 8.26. The van der Waals surface area contributed by atoms with E-state index in [0.717, 1.165) is 12.2 Å². The highest BCUT2D eigenvalue weighted by Crippen LogP contribution is 2.16. The Labute approximate surface area is 104 Å². The molecule has 0 radical (unpaired) electrons. The maximum Gasteiger partial charge on any atom is 0.165 e. The molecule has 0 atom stereocenters. The van der Waals surface area contributed by atoms with Gasteiger partial charge in [0.15, 0.2) is 11.5 Å². The van der Waals surface area contributed by atoms with Gasteiger partial charge in [-0.2, -0.15) is 0 Å². The second-order valence-corrected chi connectivity index (χ2v) is 4.23. The largest absolute Gasteiger partial charge is 0.382 e. The van der Waals surface area contributed by atoms with Crippen LogP contribution in [0.3, 0.4) is 0 Å². The molecular weight excluding hydrogens is 226 g/mol. The van der Waals surface area contributed by atoms with Crippen LogP contribution in [0.5, 0.6) is 0 Å². The number of aromatic nitrogens is 4. The van der Waals surface area contributed by atoms with Crippen LogP contribution >= 0.6 is 0 Å². The van der Waals surface area contributed by atoms with Crippen molar-refractivity contribution in [3.05, 3.63) is 48.0 Å². The molecule has 2 N–H and O–H groups in total. The molecule has 0 bridgehead atoms. The molecule has 3 aromatic rings. The minimum absolute atomic E-state index is 0.420. The van der Waals surface area contributed by atoms with E-state index < -0.39 is 0 Å². The number of nitrogens with zero attached hydrogens (tertiary/aromatic N) is 4. The fourth-order valence-electron chi connectivity index (χ4n) is 1.99. The fraction of sp³-hybridized carbons (Fsp3) is 0.154. The van der Waals surface area contributed by atoms with Gasteiger partial charge in [0.25, 0.3) is 0 Å². The summed E-state index contributed by atoms with van der Waals surface area (Å²) in [5.41, 5.74) is 9.69. The molecule has 0 spiro atoms. The lowest BCUT2D eigenvalue weighted by atomic mass is 10.1. The molecule has 0 unspecified atom stereocenters. The van der Waals surface area contributed by atoms with E-state index in [0.29, 0.717) is 11.3 Å². The number of nitrogen functional groups attached to an aromatic ring is 1. The molecule has 0 saturated heterocycles. The SMILES string of the molecule is Cc1ccccc1Cn1cnc2c(N)ncnc21. The Balaban J connectivity index is 2.06. The molecular formula is C13H13N5. The molecule has 1 aromatic carbocycles. The van der Waals surface area contributed by atoms with Gasteiger partial charge in [-0.05, 0) is 18.1 Å². The van der Waals surface area contributed by atoms with Crippen molar-refractivity contribution in [1.29, 1.82) is 0 Å². The van der Waals surface area contributed by atoms with E-state index >= 15 is 0 Å². The molecule has 0 fully saturated rings. The number of nitrogens with two attached hydrogens (primary N) is 1. The van der Waals surface area contributed by atoms with Crippen molar-refractivity contribution in [3.63, 3.8) is 0 Å². The molecule has 18 heavy (non-hydrogen) atoms. The molecule has 0 aliphatic rings. The lowest BCUT2D eigenvalue weighted by Crippen LogP contribution is -2.01. The highest BCUT2D eigenvalue weighted by molar-refractivity contribution is 5.81. The third-order valence-corrected chi connectivity index (χ3v) is 3.03. The number of hydrogen-bond donors (Lipinski definition) is 1. The topological polar surface area (TPSA) is 69.6 Å². The van der Waals surface area contributed by atoms with Crippen LogP contribution in [0.4, 0.5) is 5.82 Å². The van der Waals surface area contributed by atoms with Crippen LogP contribution in [0.25, 0.3) is 11.2 Å². The van der Waals surface area contributed by atoms with E-state index in [1.165, 1.54) is 17.5 Å². The molecule has 2 aromatic heterocycles. The number of hydrogen-bond acceptors (Lipinski definition) is 4. The van der Waals surface area contributed by atoms with Crippen molar-refractivity contribution in [1.82, 2.24) is 19.5 Å². The van der Waals surface area contributed by atoms with E-state index in [-0.39, 0.29) is 0 Å². The van der Waals surface area contributed by atoms with Gasteiger partial charge in [0.05, 0.1) is 12.9 Å². The second-order valence-electron chi connectivity index (χ2n) is 4.23. The lowest BCUT2D eigenvalue weighted by Gasteiger charge is -2.06. The van der Waals surface area contributed by atoms with Gasteiger partial charge in [0.2, 0.25) is 0 Å². The summed E-state index contributed by atoms with van der Waals surface area (Å²) in [5, 5.41) is 0. The van der Waals surface area contributed by atoms with Crippen LogP contribution in [-0.2, 0) is 6.54 Å². The monoisotopic (exact) mass is 239 g/mol. The highest BCUT2D eigenvalue weighted by Gasteiger charge is 2.08. The van der Waals surface area contributed by atoms with Crippen LogP contribution in [-0.4, -0.2) is 19.5 Å². The van der Waals surface area contributed by atoms with Gasteiger partial charge in [-0.3, -0.25) is 0 Å². The maximum absolute atomic E-state index is 5.77. The first-order valence-electron chi connectivity index (χ1n) is 5.71. The Bertz CT molecular complexity index is 701. The molecule has 2 heterocycles. The van der Waals surface area contributed by atoms with Gasteiger partial charge in [0, 0.05) is 0 Å². The van der Waals surface area contributed by atoms with Crippen LogP contribution < -0.4 is 5.73 Å². The number of imidazole rings is 1. The van der Waals surface area contributed by atoms with Crippen molar-refractivity contribution >= 4 is 17.0 Å². The quantitative estimate of drug-likeness (QED) is 0.739. The van der Waals surface area contributed by atoms with Gasteiger partial charge >= 0.3 is 0 Å². The first-order valence-corrected chi connectivity index (χ1v) is 5.71. The van der Waals surface area contributed by atoms with Gasteiger partial charge in [0.1, 0.15) is 11.8 Å². The standard InChI is InChI=1S/C13H13N5/c1-9-4-2-3-5-10(9)6-18-8-17-11-12(14)15-7-16-13(11)18/h2-5,7-8H,6H2,1H3,(H2,14,15,16). The zero-order valence-electron chi connectivity index (χ0n) is 10.0. The minimum Gasteiger partial charge on any atom is -0.382 e. The summed E-state index contributed by atoms with van der Waals surface area (Å²) in [6.45, 7) is 2.83.